The largest absolute Gasteiger partial charge is 0.508 e. The molecule has 0 aliphatic heterocycles. The molecule has 0 heterocycles. The standard InChI is InChI=1S/C10H20O4/c1-5-12-6-7-13-9(11)14-8-10(2,3)4/h5-8H2,1-4H3. The van der Waals surface area contributed by atoms with Crippen LogP contribution in [0.3, 0.4) is 0 Å². The van der Waals surface area contributed by atoms with Gasteiger partial charge in [-0.2, -0.15) is 0 Å². The van der Waals surface area contributed by atoms with E-state index < -0.39 is 6.16 Å². The van der Waals surface area contributed by atoms with E-state index in [1.807, 2.05) is 27.7 Å². The molecule has 4 nitrogen and oxygen atoms in total. The summed E-state index contributed by atoms with van der Waals surface area (Å²) in [5, 5.41) is 0. The van der Waals surface area contributed by atoms with Crippen molar-refractivity contribution < 1.29 is 19.0 Å². The lowest BCUT2D eigenvalue weighted by Crippen LogP contribution is -2.20. The molecule has 0 aromatic heterocycles. The number of carbonyl (C=O) groups excluding carboxylic acids is 1. The van der Waals surface area contributed by atoms with Gasteiger partial charge < -0.3 is 14.2 Å². The fourth-order valence-corrected chi connectivity index (χ4v) is 0.645. The van der Waals surface area contributed by atoms with Gasteiger partial charge in [0.05, 0.1) is 13.2 Å². The first-order valence-electron chi connectivity index (χ1n) is 4.83. The normalized spacial score (nSPS) is 11.1. The molecule has 0 rings (SSSR count). The Labute approximate surface area is 85.5 Å². The summed E-state index contributed by atoms with van der Waals surface area (Å²) >= 11 is 0. The van der Waals surface area contributed by atoms with Crippen LogP contribution in [0.4, 0.5) is 4.79 Å². The van der Waals surface area contributed by atoms with Gasteiger partial charge in [0.2, 0.25) is 0 Å². The minimum Gasteiger partial charge on any atom is -0.434 e. The van der Waals surface area contributed by atoms with Crippen molar-refractivity contribution in [3.63, 3.8) is 0 Å². The van der Waals surface area contributed by atoms with E-state index in [2.05, 4.69) is 0 Å². The van der Waals surface area contributed by atoms with Crippen molar-refractivity contribution in [3.8, 4) is 0 Å². The van der Waals surface area contributed by atoms with Gasteiger partial charge in [0.25, 0.3) is 0 Å². The van der Waals surface area contributed by atoms with Crippen molar-refractivity contribution in [1.82, 2.24) is 0 Å². The fraction of sp³-hybridized carbons (Fsp3) is 0.900. The minimum atomic E-state index is -0.625. The van der Waals surface area contributed by atoms with Gasteiger partial charge in [0.15, 0.2) is 0 Å². The monoisotopic (exact) mass is 204 g/mol. The van der Waals surface area contributed by atoms with E-state index in [1.165, 1.54) is 0 Å². The SMILES string of the molecule is CCOCCOC(=O)OCC(C)(C)C. The summed E-state index contributed by atoms with van der Waals surface area (Å²) in [6.07, 6.45) is -0.625. The van der Waals surface area contributed by atoms with Crippen molar-refractivity contribution in [1.29, 1.82) is 0 Å². The molecule has 0 aromatic carbocycles. The van der Waals surface area contributed by atoms with Crippen molar-refractivity contribution >= 4 is 6.16 Å². The first-order chi connectivity index (χ1) is 6.45. The molecule has 4 heteroatoms. The average Bonchev–Trinajstić information content (AvgIpc) is 2.08. The highest BCUT2D eigenvalue weighted by Gasteiger charge is 2.14. The molecule has 0 saturated heterocycles. The second kappa shape index (κ2) is 6.65. The Hall–Kier alpha value is -0.770. The van der Waals surface area contributed by atoms with Crippen molar-refractivity contribution in [3.05, 3.63) is 0 Å². The summed E-state index contributed by atoms with van der Waals surface area (Å²) in [7, 11) is 0. The molecule has 0 N–H and O–H groups in total. The van der Waals surface area contributed by atoms with Gasteiger partial charge in [0, 0.05) is 6.61 Å². The molecule has 0 aromatic rings. The lowest BCUT2D eigenvalue weighted by atomic mass is 9.99. The van der Waals surface area contributed by atoms with Crippen LogP contribution in [0.2, 0.25) is 0 Å². The van der Waals surface area contributed by atoms with Crippen LogP contribution < -0.4 is 0 Å². The van der Waals surface area contributed by atoms with Crippen LogP contribution in [-0.2, 0) is 14.2 Å². The Balaban J connectivity index is 3.38. The fourth-order valence-electron chi connectivity index (χ4n) is 0.645. The summed E-state index contributed by atoms with van der Waals surface area (Å²) in [4.78, 5) is 11.0. The van der Waals surface area contributed by atoms with Gasteiger partial charge in [-0.05, 0) is 12.3 Å². The molecule has 0 amide bonds. The first kappa shape index (κ1) is 13.2. The summed E-state index contributed by atoms with van der Waals surface area (Å²) < 4.78 is 14.6. The topological polar surface area (TPSA) is 44.8 Å². The summed E-state index contributed by atoms with van der Waals surface area (Å²) in [6.45, 7) is 9.50. The van der Waals surface area contributed by atoms with Gasteiger partial charge in [-0.3, -0.25) is 0 Å². The molecule has 0 radical (unpaired) electrons. The Kier molecular flexibility index (Phi) is 6.28. The molecule has 0 fully saturated rings. The minimum absolute atomic E-state index is 0.0288. The zero-order chi connectivity index (χ0) is 11.0. The third kappa shape index (κ3) is 9.32. The molecule has 0 spiro atoms. The molecular weight excluding hydrogens is 184 g/mol. The Morgan fingerprint density at radius 2 is 1.79 bits per heavy atom. The molecule has 0 aliphatic carbocycles. The number of hydrogen-bond acceptors (Lipinski definition) is 4. The van der Waals surface area contributed by atoms with E-state index in [1.54, 1.807) is 0 Å². The van der Waals surface area contributed by atoms with Crippen LogP contribution in [0.1, 0.15) is 27.7 Å². The molecule has 0 atom stereocenters. The molecule has 0 aliphatic rings. The molecule has 84 valence electrons. The van der Waals surface area contributed by atoms with E-state index in [0.717, 1.165) is 0 Å². The maximum Gasteiger partial charge on any atom is 0.508 e. The maximum absolute atomic E-state index is 11.0. The lowest BCUT2D eigenvalue weighted by Gasteiger charge is -2.17. The third-order valence-corrected chi connectivity index (χ3v) is 1.27. The maximum atomic E-state index is 11.0. The van der Waals surface area contributed by atoms with E-state index >= 15 is 0 Å². The molecule has 0 bridgehead atoms. The van der Waals surface area contributed by atoms with Crippen LogP contribution in [0.5, 0.6) is 0 Å². The van der Waals surface area contributed by atoms with Crippen molar-refractivity contribution in [2.24, 2.45) is 5.41 Å². The molecular formula is C10H20O4. The van der Waals surface area contributed by atoms with Crippen LogP contribution >= 0.6 is 0 Å². The predicted octanol–water partition coefficient (Wildman–Crippen LogP) is 2.22. The Bertz CT molecular complexity index is 160. The third-order valence-electron chi connectivity index (χ3n) is 1.27. The smallest absolute Gasteiger partial charge is 0.434 e. The zero-order valence-electron chi connectivity index (χ0n) is 9.46. The second-order valence-electron chi connectivity index (χ2n) is 4.14. The quantitative estimate of drug-likeness (QED) is 0.509. The molecule has 0 unspecified atom stereocenters. The van der Waals surface area contributed by atoms with E-state index in [4.69, 9.17) is 14.2 Å². The molecule has 14 heavy (non-hydrogen) atoms. The van der Waals surface area contributed by atoms with Crippen molar-refractivity contribution in [2.75, 3.05) is 26.4 Å². The Morgan fingerprint density at radius 1 is 1.14 bits per heavy atom. The first-order valence-corrected chi connectivity index (χ1v) is 4.83. The predicted molar refractivity (Wildman–Crippen MR) is 53.2 cm³/mol. The highest BCUT2D eigenvalue weighted by atomic mass is 16.7. The van der Waals surface area contributed by atoms with Crippen LogP contribution in [0, 0.1) is 5.41 Å². The second-order valence-corrected chi connectivity index (χ2v) is 4.14. The van der Waals surface area contributed by atoms with E-state index in [-0.39, 0.29) is 12.0 Å². The van der Waals surface area contributed by atoms with Gasteiger partial charge in [-0.25, -0.2) is 4.79 Å². The van der Waals surface area contributed by atoms with Gasteiger partial charge in [-0.15, -0.1) is 0 Å². The van der Waals surface area contributed by atoms with Gasteiger partial charge in [-0.1, -0.05) is 20.8 Å². The van der Waals surface area contributed by atoms with E-state index in [9.17, 15) is 4.79 Å². The number of ether oxygens (including phenoxy) is 3. The lowest BCUT2D eigenvalue weighted by molar-refractivity contribution is 0.0147. The van der Waals surface area contributed by atoms with Crippen molar-refractivity contribution in [2.45, 2.75) is 27.7 Å². The van der Waals surface area contributed by atoms with E-state index in [0.29, 0.717) is 19.8 Å². The number of rotatable bonds is 5. The summed E-state index contributed by atoms with van der Waals surface area (Å²) in [6, 6.07) is 0. The highest BCUT2D eigenvalue weighted by molar-refractivity contribution is 5.59. The zero-order valence-corrected chi connectivity index (χ0v) is 9.46. The number of carbonyl (C=O) groups is 1. The average molecular weight is 204 g/mol. The summed E-state index contributed by atoms with van der Waals surface area (Å²) in [5.41, 5.74) is -0.0288. The Morgan fingerprint density at radius 3 is 2.29 bits per heavy atom. The van der Waals surface area contributed by atoms with Crippen LogP contribution in [-0.4, -0.2) is 32.6 Å². The highest BCUT2D eigenvalue weighted by Crippen LogP contribution is 2.12. The number of hydrogen-bond donors (Lipinski definition) is 0. The van der Waals surface area contributed by atoms with Crippen LogP contribution in [0.25, 0.3) is 0 Å². The molecule has 0 saturated carbocycles. The summed E-state index contributed by atoms with van der Waals surface area (Å²) in [5.74, 6) is 0. The van der Waals surface area contributed by atoms with Gasteiger partial charge >= 0.3 is 6.16 Å². The van der Waals surface area contributed by atoms with Crippen LogP contribution in [0.15, 0.2) is 0 Å². The van der Waals surface area contributed by atoms with Gasteiger partial charge in [0.1, 0.15) is 6.61 Å².